The summed E-state index contributed by atoms with van der Waals surface area (Å²) in [7, 11) is 0. The van der Waals surface area contributed by atoms with Crippen molar-refractivity contribution in [3.8, 4) is 11.1 Å². The van der Waals surface area contributed by atoms with Crippen LogP contribution >= 0.6 is 0 Å². The summed E-state index contributed by atoms with van der Waals surface area (Å²) in [6.45, 7) is 4.58. The molecule has 0 nitrogen and oxygen atoms in total. The van der Waals surface area contributed by atoms with E-state index in [2.05, 4.69) is 68.5 Å². The van der Waals surface area contributed by atoms with Gasteiger partial charge in [-0.25, -0.2) is 0 Å². The Morgan fingerprint density at radius 2 is 1.70 bits per heavy atom. The molecule has 2 aromatic rings. The van der Waals surface area contributed by atoms with Gasteiger partial charge in [0.25, 0.3) is 0 Å². The number of benzene rings is 2. The van der Waals surface area contributed by atoms with Gasteiger partial charge in [-0.05, 0) is 0 Å². The molecular formula is C20H18Cl2Zr. The van der Waals surface area contributed by atoms with Crippen LogP contribution in [0.2, 0.25) is 0 Å². The predicted molar refractivity (Wildman–Crippen MR) is 85.3 cm³/mol. The molecule has 0 fully saturated rings. The van der Waals surface area contributed by atoms with Gasteiger partial charge in [0, 0.05) is 0 Å². The van der Waals surface area contributed by atoms with E-state index in [1.54, 1.807) is 12.1 Å². The molecule has 3 heteroatoms. The third-order valence-electron chi connectivity index (χ3n) is 4.52. The number of rotatable bonds is 2. The van der Waals surface area contributed by atoms with Gasteiger partial charge in [0.05, 0.1) is 0 Å². The molecule has 0 N–H and O–H groups in total. The van der Waals surface area contributed by atoms with E-state index in [4.69, 9.17) is 0 Å². The first kappa shape index (κ1) is 18.7. The van der Waals surface area contributed by atoms with Crippen molar-refractivity contribution >= 4 is 3.27 Å². The van der Waals surface area contributed by atoms with Crippen molar-refractivity contribution in [2.75, 3.05) is 0 Å². The minimum atomic E-state index is -0.662. The van der Waals surface area contributed by atoms with Gasteiger partial charge in [0.1, 0.15) is 0 Å². The molecule has 0 saturated carbocycles. The molecular weight excluding hydrogens is 402 g/mol. The summed E-state index contributed by atoms with van der Waals surface area (Å²) in [6, 6.07) is 15.8. The molecule has 116 valence electrons. The first-order valence-corrected chi connectivity index (χ1v) is 10.1. The zero-order valence-corrected chi connectivity index (χ0v) is 17.2. The van der Waals surface area contributed by atoms with E-state index in [0.717, 1.165) is 6.42 Å². The van der Waals surface area contributed by atoms with Crippen molar-refractivity contribution in [1.82, 2.24) is 0 Å². The van der Waals surface area contributed by atoms with Gasteiger partial charge < -0.3 is 24.8 Å². The Morgan fingerprint density at radius 3 is 2.43 bits per heavy atom. The zero-order valence-electron chi connectivity index (χ0n) is 13.2. The summed E-state index contributed by atoms with van der Waals surface area (Å²) in [4.78, 5) is 0. The van der Waals surface area contributed by atoms with Crippen LogP contribution in [-0.4, -0.2) is 0 Å². The second kappa shape index (κ2) is 7.51. The molecule has 23 heavy (non-hydrogen) atoms. The number of halogens is 2. The van der Waals surface area contributed by atoms with Crippen molar-refractivity contribution in [2.45, 2.75) is 20.3 Å². The van der Waals surface area contributed by atoms with Crippen molar-refractivity contribution in [3.05, 3.63) is 74.6 Å². The van der Waals surface area contributed by atoms with E-state index in [9.17, 15) is 0 Å². The Labute approximate surface area is 162 Å². The van der Waals surface area contributed by atoms with E-state index >= 15 is 0 Å². The second-order valence-corrected chi connectivity index (χ2v) is 9.45. The Bertz CT molecular complexity index is 790. The minimum Gasteiger partial charge on any atom is -1.00 e. The first-order chi connectivity index (χ1) is 10.2. The average Bonchev–Trinajstić information content (AvgIpc) is 3.00. The third-order valence-corrected chi connectivity index (χ3v) is 8.51. The topological polar surface area (TPSA) is 0 Å². The molecule has 0 amide bonds. The zero-order chi connectivity index (χ0) is 14.4. The quantitative estimate of drug-likeness (QED) is 0.471. The summed E-state index contributed by atoms with van der Waals surface area (Å²) >= 11 is -0.662. The molecule has 4 rings (SSSR count). The maximum absolute atomic E-state index is 2.44. The monoisotopic (exact) mass is 418 g/mol. The molecule has 0 saturated heterocycles. The summed E-state index contributed by atoms with van der Waals surface area (Å²) in [6.07, 6.45) is 5.99. The SMILES string of the molecule is CC1=CC(C)[C]([Zr+2][c]2cccc3c2Cc2ccccc2-3)=C1.[Cl-].[Cl-]. The maximum atomic E-state index is 2.44. The summed E-state index contributed by atoms with van der Waals surface area (Å²) in [5, 5.41) is 0. The molecule has 0 bridgehead atoms. The molecule has 0 spiro atoms. The Morgan fingerprint density at radius 1 is 0.957 bits per heavy atom. The van der Waals surface area contributed by atoms with Gasteiger partial charge in [0.2, 0.25) is 0 Å². The Hall–Kier alpha value is -0.617. The van der Waals surface area contributed by atoms with Crippen LogP contribution in [0.5, 0.6) is 0 Å². The summed E-state index contributed by atoms with van der Waals surface area (Å²) in [5.74, 6) is 0.663. The van der Waals surface area contributed by atoms with Crippen LogP contribution in [0.25, 0.3) is 11.1 Å². The van der Waals surface area contributed by atoms with Crippen LogP contribution in [0.4, 0.5) is 0 Å². The first-order valence-electron chi connectivity index (χ1n) is 7.59. The fraction of sp³-hybridized carbons (Fsp3) is 0.200. The van der Waals surface area contributed by atoms with Crippen LogP contribution in [-0.2, 0) is 29.7 Å². The molecule has 2 aliphatic rings. The van der Waals surface area contributed by atoms with E-state index in [-0.39, 0.29) is 24.8 Å². The molecule has 2 aliphatic carbocycles. The number of allylic oxidation sites excluding steroid dienone is 4. The van der Waals surface area contributed by atoms with Gasteiger partial charge in [0.15, 0.2) is 0 Å². The largest absolute Gasteiger partial charge is 1.00 e. The smallest absolute Gasteiger partial charge is 1.00 e. The van der Waals surface area contributed by atoms with E-state index in [0.29, 0.717) is 5.92 Å². The van der Waals surface area contributed by atoms with Crippen molar-refractivity contribution in [2.24, 2.45) is 5.92 Å². The van der Waals surface area contributed by atoms with Crippen LogP contribution in [0.3, 0.4) is 0 Å². The standard InChI is InChI=1S/C13H9.C7H9.2ClH.Zr/c1-3-7-12-10(5-1)9-11-6-2-4-8-13(11)12;1-6-3-4-7(2)5-6;;;/h1-5,7-8H,9H2;3,5,7H,1-2H3;2*1H;/q;;;;+2/p-2. The van der Waals surface area contributed by atoms with Crippen molar-refractivity contribution in [1.29, 1.82) is 0 Å². The second-order valence-electron chi connectivity index (χ2n) is 6.09. The van der Waals surface area contributed by atoms with Gasteiger partial charge in [-0.15, -0.1) is 0 Å². The fourth-order valence-electron chi connectivity index (χ4n) is 3.49. The maximum Gasteiger partial charge on any atom is -1.00 e. The van der Waals surface area contributed by atoms with Crippen molar-refractivity contribution < 1.29 is 48.0 Å². The number of fused-ring (bicyclic) bond motifs is 3. The van der Waals surface area contributed by atoms with Crippen LogP contribution in [0.1, 0.15) is 25.0 Å². The van der Waals surface area contributed by atoms with Crippen molar-refractivity contribution in [3.63, 3.8) is 0 Å². The van der Waals surface area contributed by atoms with Gasteiger partial charge in [-0.1, -0.05) is 0 Å². The van der Waals surface area contributed by atoms with E-state index in [1.807, 2.05) is 0 Å². The fourth-order valence-corrected chi connectivity index (χ4v) is 7.12. The normalized spacial score (nSPS) is 17.0. The third kappa shape index (κ3) is 3.43. The predicted octanol–water partition coefficient (Wildman–Crippen LogP) is -1.55. The average molecular weight is 420 g/mol. The molecule has 0 radical (unpaired) electrons. The van der Waals surface area contributed by atoms with Crippen LogP contribution in [0, 0.1) is 5.92 Å². The Balaban J connectivity index is 0.000000960. The van der Waals surface area contributed by atoms with E-state index < -0.39 is 23.2 Å². The number of hydrogen-bond acceptors (Lipinski definition) is 0. The van der Waals surface area contributed by atoms with Crippen LogP contribution in [0.15, 0.2) is 63.5 Å². The Kier molecular flexibility index (Phi) is 6.12. The summed E-state index contributed by atoms with van der Waals surface area (Å²) < 4.78 is 3.40. The summed E-state index contributed by atoms with van der Waals surface area (Å²) in [5.41, 5.74) is 7.51. The molecule has 1 unspecified atom stereocenters. The molecule has 0 heterocycles. The molecule has 0 aliphatic heterocycles. The number of hydrogen-bond donors (Lipinski definition) is 0. The van der Waals surface area contributed by atoms with E-state index in [1.165, 1.54) is 22.3 Å². The van der Waals surface area contributed by atoms with Gasteiger partial charge in [-0.2, -0.15) is 0 Å². The van der Waals surface area contributed by atoms with Gasteiger partial charge >= 0.3 is 138 Å². The van der Waals surface area contributed by atoms with Gasteiger partial charge in [-0.3, -0.25) is 0 Å². The molecule has 1 atom stereocenters. The van der Waals surface area contributed by atoms with Crippen LogP contribution < -0.4 is 28.1 Å². The molecule has 2 aromatic carbocycles. The molecule has 0 aromatic heterocycles. The minimum absolute atomic E-state index is 0.